The molecule has 1 aromatic heterocycles. The molecule has 1 N–H and O–H groups in total. The molecule has 2 amide bonds. The molecule has 2 heterocycles. The van der Waals surface area contributed by atoms with E-state index >= 15 is 0 Å². The number of amides is 2. The number of halogens is 1. The second kappa shape index (κ2) is 9.86. The van der Waals surface area contributed by atoms with E-state index in [4.69, 9.17) is 18.9 Å². The number of aromatic nitrogens is 2. The molecule has 0 radical (unpaired) electrons. The van der Waals surface area contributed by atoms with Gasteiger partial charge in [0.15, 0.2) is 17.3 Å². The highest BCUT2D eigenvalue weighted by Crippen LogP contribution is 2.41. The van der Waals surface area contributed by atoms with Gasteiger partial charge in [0.25, 0.3) is 5.88 Å². The summed E-state index contributed by atoms with van der Waals surface area (Å²) < 4.78 is 35.0. The Balaban J connectivity index is 1.46. The van der Waals surface area contributed by atoms with E-state index in [9.17, 15) is 9.18 Å². The summed E-state index contributed by atoms with van der Waals surface area (Å²) in [6, 6.07) is 7.50. The Morgan fingerprint density at radius 2 is 1.56 bits per heavy atom. The Hall–Kier alpha value is -4.02. The van der Waals surface area contributed by atoms with Crippen molar-refractivity contribution in [3.8, 4) is 23.1 Å². The lowest BCUT2D eigenvalue weighted by Crippen LogP contribution is -2.50. The monoisotopic (exact) mass is 471 g/mol. The van der Waals surface area contributed by atoms with Gasteiger partial charge < -0.3 is 28.7 Å². The number of urea groups is 1. The van der Waals surface area contributed by atoms with E-state index in [1.807, 2.05) is 12.1 Å². The number of carbonyl (C=O) groups is 1. The number of fused-ring (bicyclic) bond motifs is 1. The highest BCUT2D eigenvalue weighted by Gasteiger charge is 2.25. The van der Waals surface area contributed by atoms with Crippen molar-refractivity contribution in [2.75, 3.05) is 64.8 Å². The summed E-state index contributed by atoms with van der Waals surface area (Å²) in [5, 5.41) is 2.76. The number of carbonyl (C=O) groups excluding carboxylic acids is 1. The zero-order chi connectivity index (χ0) is 24.2. The average Bonchev–Trinajstić information content (AvgIpc) is 2.87. The normalized spacial score (nSPS) is 13.6. The van der Waals surface area contributed by atoms with Gasteiger partial charge in [-0.1, -0.05) is 0 Å². The van der Waals surface area contributed by atoms with Crippen molar-refractivity contribution in [2.24, 2.45) is 0 Å². The van der Waals surface area contributed by atoms with Crippen LogP contribution in [-0.2, 0) is 0 Å². The van der Waals surface area contributed by atoms with E-state index < -0.39 is 5.82 Å². The summed E-state index contributed by atoms with van der Waals surface area (Å²) in [5.74, 6) is 1.53. The number of ether oxygens (including phenoxy) is 4. The van der Waals surface area contributed by atoms with E-state index in [0.29, 0.717) is 54.5 Å². The van der Waals surface area contributed by atoms with Crippen LogP contribution in [0.5, 0.6) is 23.1 Å². The zero-order valence-electron chi connectivity index (χ0n) is 19.4. The van der Waals surface area contributed by atoms with Crippen molar-refractivity contribution in [3.63, 3.8) is 0 Å². The molecule has 10 nitrogen and oxygen atoms in total. The molecule has 11 heteroatoms. The molecular formula is C23H26FN5O5. The maximum absolute atomic E-state index is 13.5. The molecule has 1 saturated heterocycles. The Morgan fingerprint density at radius 1 is 0.882 bits per heavy atom. The SMILES string of the molecule is COc1cc(N2CCN(C(=O)Nc3nc4ccc(F)cc4nc3OC)CC2)cc(OC)c1OC. The Labute approximate surface area is 196 Å². The fourth-order valence-electron chi connectivity index (χ4n) is 3.83. The van der Waals surface area contributed by atoms with Gasteiger partial charge in [-0.2, -0.15) is 0 Å². The highest BCUT2D eigenvalue weighted by atomic mass is 19.1. The molecule has 0 spiro atoms. The van der Waals surface area contributed by atoms with Crippen LogP contribution in [0, 0.1) is 5.82 Å². The van der Waals surface area contributed by atoms with Crippen molar-refractivity contribution in [1.29, 1.82) is 0 Å². The summed E-state index contributed by atoms with van der Waals surface area (Å²) in [5.41, 5.74) is 1.70. The van der Waals surface area contributed by atoms with Crippen molar-refractivity contribution >= 4 is 28.6 Å². The largest absolute Gasteiger partial charge is 0.493 e. The molecule has 0 unspecified atom stereocenters. The smallest absolute Gasteiger partial charge is 0.323 e. The number of methoxy groups -OCH3 is 4. The molecule has 34 heavy (non-hydrogen) atoms. The van der Waals surface area contributed by atoms with Crippen LogP contribution in [0.3, 0.4) is 0 Å². The molecule has 0 bridgehead atoms. The van der Waals surface area contributed by atoms with Crippen LogP contribution in [0.1, 0.15) is 0 Å². The van der Waals surface area contributed by atoms with Gasteiger partial charge in [-0.05, 0) is 12.1 Å². The lowest BCUT2D eigenvalue weighted by molar-refractivity contribution is 0.208. The lowest BCUT2D eigenvalue weighted by Gasteiger charge is -2.36. The van der Waals surface area contributed by atoms with E-state index in [2.05, 4.69) is 20.2 Å². The quantitative estimate of drug-likeness (QED) is 0.586. The van der Waals surface area contributed by atoms with E-state index in [0.717, 1.165) is 5.69 Å². The minimum Gasteiger partial charge on any atom is -0.493 e. The number of nitrogens with zero attached hydrogens (tertiary/aromatic N) is 4. The minimum absolute atomic E-state index is 0.113. The van der Waals surface area contributed by atoms with Crippen molar-refractivity contribution in [1.82, 2.24) is 14.9 Å². The van der Waals surface area contributed by atoms with Crippen LogP contribution < -0.4 is 29.2 Å². The van der Waals surface area contributed by atoms with Gasteiger partial charge in [-0.25, -0.2) is 19.2 Å². The van der Waals surface area contributed by atoms with Gasteiger partial charge in [0.2, 0.25) is 5.75 Å². The summed E-state index contributed by atoms with van der Waals surface area (Å²) in [7, 11) is 6.12. The van der Waals surface area contributed by atoms with Gasteiger partial charge >= 0.3 is 6.03 Å². The summed E-state index contributed by atoms with van der Waals surface area (Å²) in [6.45, 7) is 2.17. The molecular weight excluding hydrogens is 445 g/mol. The van der Waals surface area contributed by atoms with E-state index in [-0.39, 0.29) is 17.7 Å². The van der Waals surface area contributed by atoms with Gasteiger partial charge in [0.1, 0.15) is 5.82 Å². The molecule has 1 aliphatic rings. The van der Waals surface area contributed by atoms with Crippen molar-refractivity contribution in [3.05, 3.63) is 36.1 Å². The van der Waals surface area contributed by atoms with Crippen LogP contribution in [0.4, 0.5) is 20.7 Å². The average molecular weight is 471 g/mol. The maximum Gasteiger partial charge on any atom is 0.323 e. The molecule has 180 valence electrons. The second-order valence-corrected chi connectivity index (χ2v) is 7.50. The fraction of sp³-hybridized carbons (Fsp3) is 0.348. The van der Waals surface area contributed by atoms with Crippen LogP contribution in [0.25, 0.3) is 11.0 Å². The van der Waals surface area contributed by atoms with Crippen LogP contribution in [-0.4, -0.2) is 75.5 Å². The first-order valence-electron chi connectivity index (χ1n) is 10.6. The van der Waals surface area contributed by atoms with Crippen LogP contribution in [0.15, 0.2) is 30.3 Å². The van der Waals surface area contributed by atoms with Gasteiger partial charge in [-0.15, -0.1) is 0 Å². The van der Waals surface area contributed by atoms with E-state index in [1.54, 1.807) is 26.2 Å². The molecule has 0 atom stereocenters. The molecule has 4 rings (SSSR count). The molecule has 2 aromatic carbocycles. The maximum atomic E-state index is 13.5. The van der Waals surface area contributed by atoms with Gasteiger partial charge in [-0.3, -0.25) is 5.32 Å². The number of nitrogens with one attached hydrogen (secondary N) is 1. The third-order valence-electron chi connectivity index (χ3n) is 5.59. The second-order valence-electron chi connectivity index (χ2n) is 7.50. The van der Waals surface area contributed by atoms with Gasteiger partial charge in [0, 0.05) is 50.1 Å². The molecule has 3 aromatic rings. The predicted molar refractivity (Wildman–Crippen MR) is 125 cm³/mol. The van der Waals surface area contributed by atoms with Crippen LogP contribution >= 0.6 is 0 Å². The minimum atomic E-state index is -0.425. The van der Waals surface area contributed by atoms with Crippen molar-refractivity contribution < 1.29 is 28.1 Å². The number of hydrogen-bond donors (Lipinski definition) is 1. The first-order valence-corrected chi connectivity index (χ1v) is 10.6. The highest BCUT2D eigenvalue weighted by molar-refractivity contribution is 5.91. The number of hydrogen-bond acceptors (Lipinski definition) is 8. The number of anilines is 2. The lowest BCUT2D eigenvalue weighted by atomic mass is 10.2. The first-order chi connectivity index (χ1) is 16.5. The summed E-state index contributed by atoms with van der Waals surface area (Å²) in [4.78, 5) is 25.4. The van der Waals surface area contributed by atoms with Crippen LogP contribution in [0.2, 0.25) is 0 Å². The summed E-state index contributed by atoms with van der Waals surface area (Å²) in [6.07, 6.45) is 0. The first kappa shape index (κ1) is 23.1. The Kier molecular flexibility index (Phi) is 6.71. The molecule has 0 aliphatic carbocycles. The molecule has 1 fully saturated rings. The van der Waals surface area contributed by atoms with Gasteiger partial charge in [0.05, 0.1) is 39.5 Å². The third kappa shape index (κ3) is 4.54. The third-order valence-corrected chi connectivity index (χ3v) is 5.59. The standard InChI is InChI=1S/C23H26FN5O5/c1-31-18-12-15(13-19(32-2)20(18)33-3)28-7-9-29(10-8-28)23(30)27-21-22(34-4)26-17-11-14(24)5-6-16(17)25-21/h5-6,11-13H,7-10H2,1-4H3,(H,25,27,30). The number of rotatable bonds is 6. The summed E-state index contributed by atoms with van der Waals surface area (Å²) >= 11 is 0. The number of piperazine rings is 1. The predicted octanol–water partition coefficient (Wildman–Crippen LogP) is 3.16. The zero-order valence-corrected chi connectivity index (χ0v) is 19.4. The fourth-order valence-corrected chi connectivity index (χ4v) is 3.83. The topological polar surface area (TPSA) is 98.3 Å². The Bertz CT molecular complexity index is 1170. The molecule has 1 aliphatic heterocycles. The Morgan fingerprint density at radius 3 is 2.15 bits per heavy atom. The molecule has 0 saturated carbocycles. The van der Waals surface area contributed by atoms with Crippen molar-refractivity contribution in [2.45, 2.75) is 0 Å². The number of benzene rings is 2. The van der Waals surface area contributed by atoms with E-state index in [1.165, 1.54) is 25.3 Å².